The van der Waals surface area contributed by atoms with Crippen molar-refractivity contribution in [2.24, 2.45) is 11.8 Å². The van der Waals surface area contributed by atoms with Crippen molar-refractivity contribution in [2.45, 2.75) is 20.3 Å². The summed E-state index contributed by atoms with van der Waals surface area (Å²) in [5.74, 6) is -0.856. The average Bonchev–Trinajstić information content (AvgIpc) is 2.18. The predicted molar refractivity (Wildman–Crippen MR) is 59.8 cm³/mol. The number of hydrogen-bond donors (Lipinski definition) is 0. The normalized spacial score (nSPS) is 13.2. The molecule has 0 heterocycles. The fourth-order valence-corrected chi connectivity index (χ4v) is 1.69. The molecule has 1 aromatic carbocycles. The van der Waals surface area contributed by atoms with Crippen molar-refractivity contribution in [1.82, 2.24) is 0 Å². The van der Waals surface area contributed by atoms with E-state index in [0.717, 1.165) is 5.56 Å². The number of halogens is 2. The summed E-state index contributed by atoms with van der Waals surface area (Å²) >= 11 is 0. The number of hydrogen-bond acceptors (Lipinski definition) is 0. The van der Waals surface area contributed by atoms with Crippen molar-refractivity contribution >= 4 is 5.57 Å². The van der Waals surface area contributed by atoms with Gasteiger partial charge in [0.1, 0.15) is 0 Å². The zero-order valence-electron chi connectivity index (χ0n) is 9.08. The predicted octanol–water partition coefficient (Wildman–Crippen LogP) is 4.24. The maximum Gasteiger partial charge on any atom is 0.245 e. The highest BCUT2D eigenvalue weighted by Crippen LogP contribution is 2.32. The van der Waals surface area contributed by atoms with Gasteiger partial charge >= 0.3 is 0 Å². The highest BCUT2D eigenvalue weighted by atomic mass is 19.3. The topological polar surface area (TPSA) is 0 Å². The van der Waals surface area contributed by atoms with Crippen LogP contribution in [0, 0.1) is 11.8 Å². The smallest absolute Gasteiger partial charge is 0.210 e. The van der Waals surface area contributed by atoms with Crippen molar-refractivity contribution in [1.29, 1.82) is 0 Å². The minimum absolute atomic E-state index is 0.0993. The first-order valence-corrected chi connectivity index (χ1v) is 5.06. The Hall–Kier alpha value is -1.18. The second-order valence-electron chi connectivity index (χ2n) is 4.00. The lowest BCUT2D eigenvalue weighted by Gasteiger charge is -2.22. The van der Waals surface area contributed by atoms with Crippen LogP contribution < -0.4 is 0 Å². The van der Waals surface area contributed by atoms with Crippen LogP contribution in [-0.4, -0.2) is 6.43 Å². The number of alkyl halides is 2. The molecule has 0 saturated carbocycles. The van der Waals surface area contributed by atoms with E-state index in [0.29, 0.717) is 5.57 Å². The van der Waals surface area contributed by atoms with E-state index in [1.807, 2.05) is 30.3 Å². The fraction of sp³-hybridized carbons (Fsp3) is 0.385. The van der Waals surface area contributed by atoms with Gasteiger partial charge in [-0.15, -0.1) is 0 Å². The Morgan fingerprint density at radius 1 is 1.13 bits per heavy atom. The second-order valence-corrected chi connectivity index (χ2v) is 4.00. The van der Waals surface area contributed by atoms with Crippen LogP contribution in [0.1, 0.15) is 19.4 Å². The van der Waals surface area contributed by atoms with E-state index in [2.05, 4.69) is 6.58 Å². The Morgan fingerprint density at radius 2 is 1.67 bits per heavy atom. The first-order chi connectivity index (χ1) is 7.04. The summed E-state index contributed by atoms with van der Waals surface area (Å²) in [7, 11) is 0. The van der Waals surface area contributed by atoms with Gasteiger partial charge < -0.3 is 0 Å². The van der Waals surface area contributed by atoms with Crippen molar-refractivity contribution in [2.75, 3.05) is 0 Å². The molecule has 2 heteroatoms. The molecule has 1 rings (SSSR count). The van der Waals surface area contributed by atoms with Crippen LogP contribution in [0.25, 0.3) is 5.57 Å². The molecule has 0 N–H and O–H groups in total. The van der Waals surface area contributed by atoms with Crippen LogP contribution in [0.4, 0.5) is 8.78 Å². The molecule has 1 unspecified atom stereocenters. The van der Waals surface area contributed by atoms with Crippen LogP contribution in [0.15, 0.2) is 36.9 Å². The molecular formula is C13H16F2. The minimum Gasteiger partial charge on any atom is -0.210 e. The van der Waals surface area contributed by atoms with Gasteiger partial charge in [0, 0.05) is 5.92 Å². The third-order valence-corrected chi connectivity index (χ3v) is 2.54. The SMILES string of the molecule is C=C(c1ccccc1)C(C(C)C)C(F)F. The largest absolute Gasteiger partial charge is 0.245 e. The molecular weight excluding hydrogens is 194 g/mol. The van der Waals surface area contributed by atoms with Gasteiger partial charge in [0.25, 0.3) is 0 Å². The Bertz CT molecular complexity index is 307. The van der Waals surface area contributed by atoms with Gasteiger partial charge in [-0.05, 0) is 17.1 Å². The van der Waals surface area contributed by atoms with E-state index in [9.17, 15) is 8.78 Å². The molecule has 0 nitrogen and oxygen atoms in total. The molecule has 0 aliphatic carbocycles. The van der Waals surface area contributed by atoms with Gasteiger partial charge in [-0.1, -0.05) is 50.8 Å². The Balaban J connectivity index is 2.92. The summed E-state index contributed by atoms with van der Waals surface area (Å²) in [4.78, 5) is 0. The van der Waals surface area contributed by atoms with Gasteiger partial charge in [-0.25, -0.2) is 8.78 Å². The molecule has 0 radical (unpaired) electrons. The monoisotopic (exact) mass is 210 g/mol. The highest BCUT2D eigenvalue weighted by molar-refractivity contribution is 5.65. The molecule has 0 aliphatic rings. The number of rotatable bonds is 4. The van der Waals surface area contributed by atoms with Crippen molar-refractivity contribution < 1.29 is 8.78 Å². The third kappa shape index (κ3) is 2.88. The molecule has 0 amide bonds. The quantitative estimate of drug-likeness (QED) is 0.697. The van der Waals surface area contributed by atoms with Crippen LogP contribution in [0.3, 0.4) is 0 Å². The maximum atomic E-state index is 12.8. The molecule has 0 saturated heterocycles. The first-order valence-electron chi connectivity index (χ1n) is 5.06. The van der Waals surface area contributed by atoms with Gasteiger partial charge in [0.2, 0.25) is 6.43 Å². The van der Waals surface area contributed by atoms with E-state index in [-0.39, 0.29) is 5.92 Å². The summed E-state index contributed by atoms with van der Waals surface area (Å²) in [6.07, 6.45) is -2.35. The van der Waals surface area contributed by atoms with E-state index in [1.54, 1.807) is 13.8 Å². The maximum absolute atomic E-state index is 12.8. The summed E-state index contributed by atoms with van der Waals surface area (Å²) in [5.41, 5.74) is 1.33. The fourth-order valence-electron chi connectivity index (χ4n) is 1.69. The van der Waals surface area contributed by atoms with E-state index in [4.69, 9.17) is 0 Å². The molecule has 0 bridgehead atoms. The molecule has 1 aromatic rings. The highest BCUT2D eigenvalue weighted by Gasteiger charge is 2.27. The van der Waals surface area contributed by atoms with E-state index < -0.39 is 12.3 Å². The standard InChI is InChI=1S/C13H16F2/c1-9(2)12(13(14)15)10(3)11-7-5-4-6-8-11/h4-9,12-13H,3H2,1-2H3. The van der Waals surface area contributed by atoms with Gasteiger partial charge in [0.05, 0.1) is 0 Å². The summed E-state index contributed by atoms with van der Waals surface area (Å²) in [5, 5.41) is 0. The molecule has 1 atom stereocenters. The minimum atomic E-state index is -2.35. The van der Waals surface area contributed by atoms with Crippen molar-refractivity contribution in [3.05, 3.63) is 42.5 Å². The average molecular weight is 210 g/mol. The number of benzene rings is 1. The zero-order chi connectivity index (χ0) is 11.4. The molecule has 0 aliphatic heterocycles. The summed E-state index contributed by atoms with van der Waals surface area (Å²) in [6.45, 7) is 7.38. The lowest BCUT2D eigenvalue weighted by atomic mass is 9.85. The van der Waals surface area contributed by atoms with Crippen LogP contribution in [0.2, 0.25) is 0 Å². The van der Waals surface area contributed by atoms with Crippen LogP contribution in [0.5, 0.6) is 0 Å². The van der Waals surface area contributed by atoms with E-state index in [1.165, 1.54) is 0 Å². The van der Waals surface area contributed by atoms with Crippen molar-refractivity contribution in [3.63, 3.8) is 0 Å². The first kappa shape index (κ1) is 11.9. The molecule has 0 fully saturated rings. The Labute approximate surface area is 89.6 Å². The Kier molecular flexibility index (Phi) is 4.01. The summed E-state index contributed by atoms with van der Waals surface area (Å²) in [6, 6.07) is 9.18. The lowest BCUT2D eigenvalue weighted by Crippen LogP contribution is -2.19. The van der Waals surface area contributed by atoms with Crippen molar-refractivity contribution in [3.8, 4) is 0 Å². The number of allylic oxidation sites excluding steroid dienone is 1. The molecule has 15 heavy (non-hydrogen) atoms. The molecule has 82 valence electrons. The van der Waals surface area contributed by atoms with Crippen LogP contribution >= 0.6 is 0 Å². The van der Waals surface area contributed by atoms with Gasteiger partial charge in [0.15, 0.2) is 0 Å². The summed E-state index contributed by atoms with van der Waals surface area (Å²) < 4.78 is 25.7. The third-order valence-electron chi connectivity index (χ3n) is 2.54. The molecule has 0 aromatic heterocycles. The molecule has 0 spiro atoms. The van der Waals surface area contributed by atoms with Gasteiger partial charge in [-0.3, -0.25) is 0 Å². The zero-order valence-corrected chi connectivity index (χ0v) is 9.08. The second kappa shape index (κ2) is 5.06. The Morgan fingerprint density at radius 3 is 2.07 bits per heavy atom. The van der Waals surface area contributed by atoms with Gasteiger partial charge in [-0.2, -0.15) is 0 Å². The van der Waals surface area contributed by atoms with Crippen LogP contribution in [-0.2, 0) is 0 Å². The lowest BCUT2D eigenvalue weighted by molar-refractivity contribution is 0.0832. The van der Waals surface area contributed by atoms with E-state index >= 15 is 0 Å².